The summed E-state index contributed by atoms with van der Waals surface area (Å²) < 4.78 is 4.87. The molecule has 3 nitrogen and oxygen atoms in total. The predicted octanol–water partition coefficient (Wildman–Crippen LogP) is -1.01. The van der Waals surface area contributed by atoms with Gasteiger partial charge in [0.1, 0.15) is 5.75 Å². The Morgan fingerprint density at radius 1 is 1.36 bits per heavy atom. The summed E-state index contributed by atoms with van der Waals surface area (Å²) in [6.07, 6.45) is 0. The number of carboxylic acid groups (broad SMARTS) is 1. The van der Waals surface area contributed by atoms with Crippen molar-refractivity contribution in [2.24, 2.45) is 0 Å². The summed E-state index contributed by atoms with van der Waals surface area (Å²) in [7, 11) is 0. The van der Waals surface area contributed by atoms with Gasteiger partial charge in [0.05, 0.1) is 0 Å². The van der Waals surface area contributed by atoms with Crippen molar-refractivity contribution in [3.63, 3.8) is 0 Å². The molecule has 0 radical (unpaired) electrons. The number of aliphatic carboxylic acids is 1. The SMILES string of the molecule is O=C(O)COc1ccccc1.[CH2-]C.[Li+]. The second kappa shape index (κ2) is 10.2. The number of ether oxygens (including phenoxy) is 1. The molecule has 1 rings (SSSR count). The molecule has 0 bridgehead atoms. The van der Waals surface area contributed by atoms with Crippen LogP contribution < -0.4 is 23.6 Å². The maximum Gasteiger partial charge on any atom is 1.00 e. The predicted molar refractivity (Wildman–Crippen MR) is 50.6 cm³/mol. The number of hydrogen-bond donors (Lipinski definition) is 1. The van der Waals surface area contributed by atoms with E-state index in [2.05, 4.69) is 6.92 Å². The van der Waals surface area contributed by atoms with Crippen molar-refractivity contribution in [1.29, 1.82) is 0 Å². The van der Waals surface area contributed by atoms with Crippen LogP contribution in [0.15, 0.2) is 30.3 Å². The van der Waals surface area contributed by atoms with Crippen LogP contribution in [0, 0.1) is 6.92 Å². The fourth-order valence-corrected chi connectivity index (χ4v) is 0.662. The maximum absolute atomic E-state index is 10.0. The van der Waals surface area contributed by atoms with Crippen LogP contribution >= 0.6 is 0 Å². The fraction of sp³-hybridized carbons (Fsp3) is 0.200. The average molecular weight is 188 g/mol. The second-order valence-corrected chi connectivity index (χ2v) is 2.00. The molecule has 1 aromatic rings. The monoisotopic (exact) mass is 188 g/mol. The van der Waals surface area contributed by atoms with Crippen molar-refractivity contribution in [2.45, 2.75) is 6.92 Å². The summed E-state index contributed by atoms with van der Waals surface area (Å²) in [4.78, 5) is 10.0. The van der Waals surface area contributed by atoms with E-state index in [0.717, 1.165) is 0 Å². The quantitative estimate of drug-likeness (QED) is 0.488. The van der Waals surface area contributed by atoms with E-state index in [1.165, 1.54) is 0 Å². The molecule has 1 aromatic carbocycles. The Morgan fingerprint density at radius 2 is 1.86 bits per heavy atom. The van der Waals surface area contributed by atoms with E-state index in [1.807, 2.05) is 6.07 Å². The van der Waals surface area contributed by atoms with Crippen LogP contribution in [0.1, 0.15) is 6.92 Å². The first kappa shape index (κ1) is 15.6. The van der Waals surface area contributed by atoms with Gasteiger partial charge in [0.2, 0.25) is 0 Å². The molecule has 4 heteroatoms. The van der Waals surface area contributed by atoms with Gasteiger partial charge in [-0.3, -0.25) is 0 Å². The summed E-state index contributed by atoms with van der Waals surface area (Å²) in [5.74, 6) is -0.385. The summed E-state index contributed by atoms with van der Waals surface area (Å²) in [6.45, 7) is 4.71. The van der Waals surface area contributed by atoms with Gasteiger partial charge in [-0.2, -0.15) is 6.92 Å². The molecule has 0 aromatic heterocycles. The van der Waals surface area contributed by atoms with E-state index in [4.69, 9.17) is 9.84 Å². The first-order valence-electron chi connectivity index (χ1n) is 3.89. The Bertz CT molecular complexity index is 236. The van der Waals surface area contributed by atoms with Crippen molar-refractivity contribution in [1.82, 2.24) is 0 Å². The van der Waals surface area contributed by atoms with Crippen LogP contribution in [0.4, 0.5) is 0 Å². The molecule has 0 aliphatic rings. The molecule has 0 amide bonds. The summed E-state index contributed by atoms with van der Waals surface area (Å²) >= 11 is 0. The van der Waals surface area contributed by atoms with Crippen molar-refractivity contribution in [2.75, 3.05) is 6.61 Å². The molecule has 0 fully saturated rings. The Balaban J connectivity index is 0. The molecule has 0 aliphatic carbocycles. The summed E-state index contributed by atoms with van der Waals surface area (Å²) in [5.41, 5.74) is 0. The Labute approximate surface area is 96.3 Å². The summed E-state index contributed by atoms with van der Waals surface area (Å²) in [5, 5.41) is 8.25. The zero-order valence-corrected chi connectivity index (χ0v) is 8.56. The number of hydrogen-bond acceptors (Lipinski definition) is 2. The molecule has 0 atom stereocenters. The minimum atomic E-state index is -0.964. The van der Waals surface area contributed by atoms with Gasteiger partial charge in [0.25, 0.3) is 0 Å². The van der Waals surface area contributed by atoms with Gasteiger partial charge in [-0.25, -0.2) is 4.79 Å². The van der Waals surface area contributed by atoms with E-state index in [9.17, 15) is 4.79 Å². The van der Waals surface area contributed by atoms with Crippen LogP contribution in [0.3, 0.4) is 0 Å². The number of para-hydroxylation sites is 1. The number of carboxylic acids is 1. The van der Waals surface area contributed by atoms with E-state index in [1.54, 1.807) is 31.2 Å². The molecular weight excluding hydrogens is 175 g/mol. The molecular formula is C10H13LiO3. The van der Waals surface area contributed by atoms with E-state index in [-0.39, 0.29) is 25.5 Å². The van der Waals surface area contributed by atoms with Crippen LogP contribution in [-0.4, -0.2) is 17.7 Å². The molecule has 1 N–H and O–H groups in total. The fourth-order valence-electron chi connectivity index (χ4n) is 0.662. The third kappa shape index (κ3) is 7.72. The number of carbonyl (C=O) groups is 1. The van der Waals surface area contributed by atoms with Gasteiger partial charge in [0.15, 0.2) is 6.61 Å². The van der Waals surface area contributed by atoms with Crippen LogP contribution in [-0.2, 0) is 4.79 Å². The Hall–Kier alpha value is -0.913. The van der Waals surface area contributed by atoms with Gasteiger partial charge in [-0.1, -0.05) is 18.2 Å². The van der Waals surface area contributed by atoms with Gasteiger partial charge in [0, 0.05) is 0 Å². The smallest absolute Gasteiger partial charge is 0.482 e. The minimum Gasteiger partial charge on any atom is -0.482 e. The molecule has 0 heterocycles. The number of rotatable bonds is 3. The molecule has 0 saturated heterocycles. The molecule has 0 saturated carbocycles. The zero-order chi connectivity index (χ0) is 10.1. The van der Waals surface area contributed by atoms with Crippen molar-refractivity contribution in [3.8, 4) is 5.75 Å². The van der Waals surface area contributed by atoms with Crippen LogP contribution in [0.2, 0.25) is 0 Å². The van der Waals surface area contributed by atoms with Gasteiger partial charge < -0.3 is 16.8 Å². The second-order valence-electron chi connectivity index (χ2n) is 2.00. The Morgan fingerprint density at radius 3 is 2.29 bits per heavy atom. The first-order valence-corrected chi connectivity index (χ1v) is 3.89. The van der Waals surface area contributed by atoms with Crippen LogP contribution in [0.5, 0.6) is 5.75 Å². The minimum absolute atomic E-state index is 0. The first-order chi connectivity index (χ1) is 6.29. The van der Waals surface area contributed by atoms with E-state index >= 15 is 0 Å². The summed E-state index contributed by atoms with van der Waals surface area (Å²) in [6, 6.07) is 8.84. The average Bonchev–Trinajstić information content (AvgIpc) is 2.19. The largest absolute Gasteiger partial charge is 1.00 e. The number of benzene rings is 1. The molecule has 0 spiro atoms. The van der Waals surface area contributed by atoms with Crippen molar-refractivity contribution >= 4 is 5.97 Å². The Kier molecular flexibility index (Phi) is 11.3. The molecule has 0 aliphatic heterocycles. The normalized spacial score (nSPS) is 7.57. The standard InChI is InChI=1S/C8H8O3.C2H5.Li/c9-8(10)6-11-7-4-2-1-3-5-7;1-2;/h1-5H,6H2,(H,9,10);1H2,2H3;/q;-1;+1. The third-order valence-corrected chi connectivity index (χ3v) is 1.11. The van der Waals surface area contributed by atoms with Crippen molar-refractivity contribution < 1.29 is 33.5 Å². The van der Waals surface area contributed by atoms with E-state index < -0.39 is 5.97 Å². The zero-order valence-electron chi connectivity index (χ0n) is 8.56. The van der Waals surface area contributed by atoms with Gasteiger partial charge >= 0.3 is 24.8 Å². The topological polar surface area (TPSA) is 46.5 Å². The third-order valence-electron chi connectivity index (χ3n) is 1.11. The van der Waals surface area contributed by atoms with Crippen LogP contribution in [0.25, 0.3) is 0 Å². The van der Waals surface area contributed by atoms with E-state index in [0.29, 0.717) is 5.75 Å². The molecule has 0 unspecified atom stereocenters. The van der Waals surface area contributed by atoms with Crippen molar-refractivity contribution in [3.05, 3.63) is 37.3 Å². The van der Waals surface area contributed by atoms with Gasteiger partial charge in [-0.05, 0) is 12.1 Å². The molecule has 14 heavy (non-hydrogen) atoms. The molecule has 72 valence electrons. The van der Waals surface area contributed by atoms with Gasteiger partial charge in [-0.15, -0.1) is 0 Å². The maximum atomic E-state index is 10.0.